The first kappa shape index (κ1) is 10.9. The molecule has 1 amide bonds. The average Bonchev–Trinajstić information content (AvgIpc) is 2.39. The number of nitrogen functional groups attached to an aromatic ring is 1. The van der Waals surface area contributed by atoms with Crippen LogP contribution in [-0.2, 0) is 0 Å². The second-order valence-electron chi connectivity index (χ2n) is 3.34. The van der Waals surface area contributed by atoms with Gasteiger partial charge in [-0.1, -0.05) is 0 Å². The fraction of sp³-hybridized carbons (Fsp3) is 0. The molecular weight excluding hydrogens is 218 g/mol. The third-order valence-electron chi connectivity index (χ3n) is 2.07. The summed E-state index contributed by atoms with van der Waals surface area (Å²) >= 11 is 0. The van der Waals surface area contributed by atoms with Gasteiger partial charge in [0.15, 0.2) is 5.75 Å². The van der Waals surface area contributed by atoms with Crippen LogP contribution in [-0.4, -0.2) is 10.9 Å². The van der Waals surface area contributed by atoms with E-state index in [1.165, 1.54) is 6.20 Å². The van der Waals surface area contributed by atoms with Crippen LogP contribution in [0.5, 0.6) is 5.75 Å². The summed E-state index contributed by atoms with van der Waals surface area (Å²) < 4.78 is 0. The van der Waals surface area contributed by atoms with Crippen LogP contribution in [0.3, 0.4) is 0 Å². The van der Waals surface area contributed by atoms with Crippen molar-refractivity contribution < 1.29 is 9.63 Å². The van der Waals surface area contributed by atoms with Gasteiger partial charge in [-0.05, 0) is 36.4 Å². The van der Waals surface area contributed by atoms with Gasteiger partial charge in [-0.25, -0.2) is 0 Å². The number of hydrogen-bond acceptors (Lipinski definition) is 4. The number of aromatic nitrogens is 1. The van der Waals surface area contributed by atoms with Crippen LogP contribution >= 0.6 is 0 Å². The van der Waals surface area contributed by atoms with Gasteiger partial charge in [0.05, 0.1) is 5.56 Å². The number of hydroxylamine groups is 1. The van der Waals surface area contributed by atoms with E-state index in [1.807, 2.05) is 0 Å². The molecule has 0 bridgehead atoms. The first-order valence-corrected chi connectivity index (χ1v) is 4.98. The Bertz CT molecular complexity index is 497. The lowest BCUT2D eigenvalue weighted by atomic mass is 10.3. The van der Waals surface area contributed by atoms with Gasteiger partial charge >= 0.3 is 0 Å². The van der Waals surface area contributed by atoms with Crippen LogP contribution in [0.1, 0.15) is 10.4 Å². The summed E-state index contributed by atoms with van der Waals surface area (Å²) in [7, 11) is 0. The predicted molar refractivity (Wildman–Crippen MR) is 63.2 cm³/mol. The molecule has 3 N–H and O–H groups in total. The zero-order valence-electron chi connectivity index (χ0n) is 8.96. The van der Waals surface area contributed by atoms with Crippen LogP contribution in [0.4, 0.5) is 5.69 Å². The van der Waals surface area contributed by atoms with Crippen LogP contribution < -0.4 is 16.1 Å². The molecule has 1 heterocycles. The monoisotopic (exact) mass is 229 g/mol. The standard InChI is InChI=1S/C12H11N3O2/c13-10-3-5-11(6-4-10)17-15-12(16)9-2-1-7-14-8-9/h1-8H,13H2,(H,15,16). The van der Waals surface area contributed by atoms with Crippen LogP contribution in [0.2, 0.25) is 0 Å². The number of carbonyl (C=O) groups excluding carboxylic acids is 1. The van der Waals surface area contributed by atoms with Gasteiger partial charge < -0.3 is 10.6 Å². The average molecular weight is 229 g/mol. The number of nitrogens with one attached hydrogen (secondary N) is 1. The van der Waals surface area contributed by atoms with Crippen molar-refractivity contribution >= 4 is 11.6 Å². The van der Waals surface area contributed by atoms with Crippen molar-refractivity contribution in [2.45, 2.75) is 0 Å². The molecule has 0 spiro atoms. The number of nitrogens with two attached hydrogens (primary N) is 1. The Hall–Kier alpha value is -2.56. The second-order valence-corrected chi connectivity index (χ2v) is 3.34. The molecule has 0 aliphatic heterocycles. The minimum Gasteiger partial charge on any atom is -0.399 e. The zero-order valence-corrected chi connectivity index (χ0v) is 8.96. The lowest BCUT2D eigenvalue weighted by Gasteiger charge is -2.06. The van der Waals surface area contributed by atoms with Gasteiger partial charge in [-0.15, -0.1) is 0 Å². The minimum atomic E-state index is -0.352. The van der Waals surface area contributed by atoms with E-state index in [9.17, 15) is 4.79 Å². The Kier molecular flexibility index (Phi) is 3.20. The summed E-state index contributed by atoms with van der Waals surface area (Å²) in [5.74, 6) is 0.159. The van der Waals surface area contributed by atoms with Gasteiger partial charge in [0.25, 0.3) is 5.91 Å². The molecule has 1 aromatic heterocycles. The number of anilines is 1. The van der Waals surface area contributed by atoms with Gasteiger partial charge in [0.1, 0.15) is 0 Å². The SMILES string of the molecule is Nc1ccc(ONC(=O)c2cccnc2)cc1. The third kappa shape index (κ3) is 2.94. The third-order valence-corrected chi connectivity index (χ3v) is 2.07. The summed E-state index contributed by atoms with van der Waals surface area (Å²) in [5, 5.41) is 0. The molecule has 1 aromatic carbocycles. The van der Waals surface area contributed by atoms with Crippen LogP contribution in [0.15, 0.2) is 48.8 Å². The molecule has 86 valence electrons. The maximum Gasteiger partial charge on any atom is 0.285 e. The van der Waals surface area contributed by atoms with E-state index in [0.29, 0.717) is 17.0 Å². The van der Waals surface area contributed by atoms with Crippen molar-refractivity contribution in [3.8, 4) is 5.75 Å². The molecule has 0 aliphatic rings. The number of benzene rings is 1. The molecule has 2 rings (SSSR count). The predicted octanol–water partition coefficient (Wildman–Crippen LogP) is 1.39. The highest BCUT2D eigenvalue weighted by Crippen LogP contribution is 2.12. The van der Waals surface area contributed by atoms with Gasteiger partial charge in [-0.3, -0.25) is 9.78 Å². The minimum absolute atomic E-state index is 0.352. The Balaban J connectivity index is 1.95. The van der Waals surface area contributed by atoms with E-state index >= 15 is 0 Å². The van der Waals surface area contributed by atoms with Crippen LogP contribution in [0.25, 0.3) is 0 Å². The summed E-state index contributed by atoms with van der Waals surface area (Å²) in [5.41, 5.74) is 8.91. The molecule has 0 fully saturated rings. The molecule has 2 aromatic rings. The Morgan fingerprint density at radius 1 is 1.24 bits per heavy atom. The summed E-state index contributed by atoms with van der Waals surface area (Å²) in [6.45, 7) is 0. The number of hydrogen-bond donors (Lipinski definition) is 2. The maximum atomic E-state index is 11.6. The van der Waals surface area contributed by atoms with E-state index in [4.69, 9.17) is 10.6 Å². The van der Waals surface area contributed by atoms with E-state index < -0.39 is 0 Å². The van der Waals surface area contributed by atoms with E-state index in [-0.39, 0.29) is 5.91 Å². The van der Waals surface area contributed by atoms with Crippen molar-refractivity contribution in [1.29, 1.82) is 0 Å². The van der Waals surface area contributed by atoms with Crippen molar-refractivity contribution in [1.82, 2.24) is 10.5 Å². The molecule has 5 heteroatoms. The number of carbonyl (C=O) groups is 1. The zero-order chi connectivity index (χ0) is 12.1. The van der Waals surface area contributed by atoms with E-state index in [0.717, 1.165) is 0 Å². The Morgan fingerprint density at radius 3 is 2.65 bits per heavy atom. The highest BCUT2D eigenvalue weighted by atomic mass is 16.7. The fourth-order valence-corrected chi connectivity index (χ4v) is 1.20. The first-order chi connectivity index (χ1) is 8.25. The molecule has 5 nitrogen and oxygen atoms in total. The van der Waals surface area contributed by atoms with Gasteiger partial charge in [0.2, 0.25) is 0 Å². The Labute approximate surface area is 98.2 Å². The molecule has 0 radical (unpaired) electrons. The quantitative estimate of drug-likeness (QED) is 0.615. The van der Waals surface area contributed by atoms with Crippen molar-refractivity contribution in [2.24, 2.45) is 0 Å². The summed E-state index contributed by atoms with van der Waals surface area (Å²) in [4.78, 5) is 20.5. The molecular formula is C12H11N3O2. The van der Waals surface area contributed by atoms with Crippen LogP contribution in [0, 0.1) is 0 Å². The summed E-state index contributed by atoms with van der Waals surface area (Å²) in [6, 6.07) is 10.0. The molecule has 0 atom stereocenters. The smallest absolute Gasteiger partial charge is 0.285 e. The maximum absolute atomic E-state index is 11.6. The lowest BCUT2D eigenvalue weighted by Crippen LogP contribution is -2.26. The molecule has 0 unspecified atom stereocenters. The highest BCUT2D eigenvalue weighted by Gasteiger charge is 2.05. The topological polar surface area (TPSA) is 77.2 Å². The normalized spacial score (nSPS) is 9.65. The van der Waals surface area contributed by atoms with E-state index in [1.54, 1.807) is 42.6 Å². The van der Waals surface area contributed by atoms with Crippen molar-refractivity contribution in [3.05, 3.63) is 54.4 Å². The highest BCUT2D eigenvalue weighted by molar-refractivity contribution is 5.93. The number of nitrogens with zero attached hydrogens (tertiary/aromatic N) is 1. The largest absolute Gasteiger partial charge is 0.399 e. The molecule has 0 saturated heterocycles. The summed E-state index contributed by atoms with van der Waals surface area (Å²) in [6.07, 6.45) is 3.05. The van der Waals surface area contributed by atoms with Crippen molar-refractivity contribution in [2.75, 3.05) is 5.73 Å². The number of amides is 1. The number of rotatable bonds is 3. The lowest BCUT2D eigenvalue weighted by molar-refractivity contribution is 0.0759. The van der Waals surface area contributed by atoms with Crippen molar-refractivity contribution in [3.63, 3.8) is 0 Å². The van der Waals surface area contributed by atoms with Gasteiger partial charge in [0, 0.05) is 18.1 Å². The first-order valence-electron chi connectivity index (χ1n) is 4.98. The molecule has 0 aliphatic carbocycles. The Morgan fingerprint density at radius 2 is 2.00 bits per heavy atom. The molecule has 0 saturated carbocycles. The molecule has 17 heavy (non-hydrogen) atoms. The van der Waals surface area contributed by atoms with Gasteiger partial charge in [-0.2, -0.15) is 5.48 Å². The number of pyridine rings is 1. The van der Waals surface area contributed by atoms with E-state index in [2.05, 4.69) is 10.5 Å². The second kappa shape index (κ2) is 4.98. The fourth-order valence-electron chi connectivity index (χ4n) is 1.20.